The van der Waals surface area contributed by atoms with Crippen molar-refractivity contribution in [3.05, 3.63) is 11.8 Å². The van der Waals surface area contributed by atoms with Crippen molar-refractivity contribution in [3.8, 4) is 0 Å². The van der Waals surface area contributed by atoms with Crippen LogP contribution >= 0.6 is 12.4 Å². The van der Waals surface area contributed by atoms with Crippen LogP contribution in [0.1, 0.15) is 43.1 Å². The van der Waals surface area contributed by atoms with Gasteiger partial charge in [-0.3, -0.25) is 4.74 Å². The first kappa shape index (κ1) is 18.4. The summed E-state index contributed by atoms with van der Waals surface area (Å²) in [6.45, 7) is 0.188. The highest BCUT2D eigenvalue weighted by Crippen LogP contribution is 2.41. The van der Waals surface area contributed by atoms with E-state index in [1.165, 1.54) is 0 Å². The molecule has 0 unspecified atom stereocenters. The van der Waals surface area contributed by atoms with Gasteiger partial charge in [0.1, 0.15) is 6.17 Å². The monoisotopic (exact) mass is 361 g/mol. The summed E-state index contributed by atoms with van der Waals surface area (Å²) in [5.41, 5.74) is 5.58. The molecule has 1 aliphatic carbocycles. The van der Waals surface area contributed by atoms with Crippen molar-refractivity contribution in [2.75, 3.05) is 6.61 Å². The first-order valence-corrected chi connectivity index (χ1v) is 6.91. The predicted molar refractivity (Wildman–Crippen MR) is 70.6 cm³/mol. The smallest absolute Gasteiger partial charge is 0.422 e. The molecule has 1 saturated carbocycles. The number of ether oxygens (including phenoxy) is 2. The molecule has 1 aromatic rings. The number of hydrogen-bond donors (Lipinski definition) is 1. The minimum atomic E-state index is -4.65. The Morgan fingerprint density at radius 2 is 1.78 bits per heavy atom. The summed E-state index contributed by atoms with van der Waals surface area (Å²) >= 11 is 0. The molecular formula is C12H16ClF4N3O3. The number of aromatic nitrogens is 2. The number of halogens is 5. The summed E-state index contributed by atoms with van der Waals surface area (Å²) in [5, 5.41) is 7.50. The zero-order valence-electron chi connectivity index (χ0n) is 11.8. The lowest BCUT2D eigenvalue weighted by molar-refractivity contribution is -0.352. The number of alkyl halides is 4. The van der Waals surface area contributed by atoms with Crippen LogP contribution in [0.25, 0.3) is 0 Å². The molecule has 2 fully saturated rings. The standard InChI is InChI=1S/C12H15F4N3O3.ClH/c13-8-3-6(17)4-20-9(8)11-19-18-10(21-11)5-1-7(2-5)22-12(14,15)16;/h5-9H,1-4,17H2;1H/t5?,6-,7?,8+,9+;/m1./s1. The van der Waals surface area contributed by atoms with Gasteiger partial charge >= 0.3 is 6.36 Å². The molecule has 6 nitrogen and oxygen atoms in total. The van der Waals surface area contributed by atoms with E-state index in [0.29, 0.717) is 0 Å². The average molecular weight is 362 g/mol. The van der Waals surface area contributed by atoms with Crippen molar-refractivity contribution in [1.29, 1.82) is 0 Å². The Morgan fingerprint density at radius 1 is 1.13 bits per heavy atom. The summed E-state index contributed by atoms with van der Waals surface area (Å²) in [5.74, 6) is -0.130. The Hall–Kier alpha value is -0.970. The van der Waals surface area contributed by atoms with Crippen molar-refractivity contribution in [1.82, 2.24) is 10.2 Å². The second kappa shape index (κ2) is 6.88. The molecule has 0 amide bonds. The molecule has 2 heterocycles. The quantitative estimate of drug-likeness (QED) is 0.832. The van der Waals surface area contributed by atoms with Gasteiger partial charge in [0.15, 0.2) is 6.10 Å². The van der Waals surface area contributed by atoms with Crippen molar-refractivity contribution in [3.63, 3.8) is 0 Å². The Balaban J connectivity index is 0.00000192. The predicted octanol–water partition coefficient (Wildman–Crippen LogP) is 2.40. The third kappa shape index (κ3) is 4.31. The van der Waals surface area contributed by atoms with E-state index >= 15 is 0 Å². The van der Waals surface area contributed by atoms with E-state index in [4.69, 9.17) is 14.9 Å². The van der Waals surface area contributed by atoms with Gasteiger partial charge in [-0.2, -0.15) is 0 Å². The van der Waals surface area contributed by atoms with Gasteiger partial charge in [0, 0.05) is 12.0 Å². The Morgan fingerprint density at radius 3 is 2.39 bits per heavy atom. The van der Waals surface area contributed by atoms with Crippen LogP contribution in [-0.2, 0) is 9.47 Å². The minimum Gasteiger partial charge on any atom is -0.422 e. The zero-order valence-corrected chi connectivity index (χ0v) is 12.6. The van der Waals surface area contributed by atoms with Crippen molar-refractivity contribution in [2.45, 2.75) is 56.0 Å². The molecule has 2 N–H and O–H groups in total. The van der Waals surface area contributed by atoms with E-state index in [2.05, 4.69) is 14.9 Å². The van der Waals surface area contributed by atoms with Crippen molar-refractivity contribution >= 4 is 12.4 Å². The van der Waals surface area contributed by atoms with Crippen LogP contribution < -0.4 is 5.73 Å². The highest BCUT2D eigenvalue weighted by atomic mass is 35.5. The average Bonchev–Trinajstić information content (AvgIpc) is 2.81. The molecule has 1 aliphatic heterocycles. The largest absolute Gasteiger partial charge is 0.522 e. The molecule has 1 saturated heterocycles. The Bertz CT molecular complexity index is 524. The van der Waals surface area contributed by atoms with E-state index in [1.54, 1.807) is 0 Å². The van der Waals surface area contributed by atoms with Crippen LogP contribution in [-0.4, -0.2) is 41.5 Å². The molecular weight excluding hydrogens is 346 g/mol. The molecule has 0 aromatic carbocycles. The Kier molecular flexibility index (Phi) is 5.49. The topological polar surface area (TPSA) is 83.4 Å². The highest BCUT2D eigenvalue weighted by Gasteiger charge is 2.43. The molecule has 132 valence electrons. The first-order chi connectivity index (χ1) is 10.3. The van der Waals surface area contributed by atoms with Gasteiger partial charge in [0.25, 0.3) is 0 Å². The van der Waals surface area contributed by atoms with Crippen LogP contribution in [0, 0.1) is 0 Å². The van der Waals surface area contributed by atoms with E-state index in [9.17, 15) is 17.6 Å². The van der Waals surface area contributed by atoms with Crippen molar-refractivity contribution < 1.29 is 31.5 Å². The summed E-state index contributed by atoms with van der Waals surface area (Å²) in [7, 11) is 0. The van der Waals surface area contributed by atoms with E-state index in [0.717, 1.165) is 0 Å². The Labute approximate surface area is 135 Å². The van der Waals surface area contributed by atoms with Crippen molar-refractivity contribution in [2.24, 2.45) is 5.73 Å². The number of rotatable bonds is 3. The van der Waals surface area contributed by atoms with Crippen LogP contribution in [0.4, 0.5) is 17.6 Å². The van der Waals surface area contributed by atoms with Gasteiger partial charge in [-0.25, -0.2) is 4.39 Å². The fourth-order valence-corrected chi connectivity index (χ4v) is 2.62. The van der Waals surface area contributed by atoms with Crippen LogP contribution in [0.2, 0.25) is 0 Å². The number of nitrogens with zero attached hydrogens (tertiary/aromatic N) is 2. The fraction of sp³-hybridized carbons (Fsp3) is 0.833. The molecule has 11 heteroatoms. The summed E-state index contributed by atoms with van der Waals surface area (Å²) in [6.07, 6.45) is -7.46. The zero-order chi connectivity index (χ0) is 15.9. The van der Waals surface area contributed by atoms with E-state index in [1.807, 2.05) is 0 Å². The van der Waals surface area contributed by atoms with Crippen LogP contribution in [0.3, 0.4) is 0 Å². The highest BCUT2D eigenvalue weighted by molar-refractivity contribution is 5.85. The van der Waals surface area contributed by atoms with E-state index < -0.39 is 24.7 Å². The maximum Gasteiger partial charge on any atom is 0.522 e. The third-order valence-electron chi connectivity index (χ3n) is 3.79. The maximum absolute atomic E-state index is 13.9. The molecule has 0 bridgehead atoms. The van der Waals surface area contributed by atoms with Gasteiger partial charge in [0.2, 0.25) is 11.8 Å². The molecule has 0 spiro atoms. The third-order valence-corrected chi connectivity index (χ3v) is 3.79. The number of hydrogen-bond acceptors (Lipinski definition) is 6. The molecule has 1 aromatic heterocycles. The lowest BCUT2D eigenvalue weighted by Gasteiger charge is -2.33. The van der Waals surface area contributed by atoms with Gasteiger partial charge in [0.05, 0.1) is 12.7 Å². The maximum atomic E-state index is 13.9. The first-order valence-electron chi connectivity index (χ1n) is 6.91. The lowest BCUT2D eigenvalue weighted by atomic mass is 9.82. The minimum absolute atomic E-state index is 0. The normalized spacial score (nSPS) is 34.6. The van der Waals surface area contributed by atoms with Gasteiger partial charge in [-0.15, -0.1) is 35.8 Å². The molecule has 0 radical (unpaired) electrons. The van der Waals surface area contributed by atoms with Gasteiger partial charge in [-0.1, -0.05) is 0 Å². The summed E-state index contributed by atoms with van der Waals surface area (Å²) < 4.78 is 64.5. The molecule has 23 heavy (non-hydrogen) atoms. The van der Waals surface area contributed by atoms with Crippen LogP contribution in [0.5, 0.6) is 0 Å². The van der Waals surface area contributed by atoms with E-state index in [-0.39, 0.29) is 62.0 Å². The second-order valence-corrected chi connectivity index (χ2v) is 5.60. The van der Waals surface area contributed by atoms with Crippen LogP contribution in [0.15, 0.2) is 4.42 Å². The van der Waals surface area contributed by atoms with Gasteiger partial charge < -0.3 is 14.9 Å². The number of nitrogens with two attached hydrogens (primary N) is 1. The summed E-state index contributed by atoms with van der Waals surface area (Å²) in [4.78, 5) is 0. The SMILES string of the molecule is Cl.N[C@H]1CO[C@H](c2nnc(C3CC(OC(F)(F)F)C3)o2)[C@@H](F)C1. The lowest BCUT2D eigenvalue weighted by Crippen LogP contribution is -2.39. The van der Waals surface area contributed by atoms with Gasteiger partial charge in [-0.05, 0) is 19.3 Å². The molecule has 3 atom stereocenters. The summed E-state index contributed by atoms with van der Waals surface area (Å²) in [6, 6.07) is -0.374. The molecule has 3 rings (SSSR count). The molecule has 2 aliphatic rings. The fourth-order valence-electron chi connectivity index (χ4n) is 2.62. The second-order valence-electron chi connectivity index (χ2n) is 5.60.